The van der Waals surface area contributed by atoms with E-state index in [2.05, 4.69) is 5.32 Å². The Morgan fingerprint density at radius 2 is 2.17 bits per heavy atom. The molecule has 0 heterocycles. The lowest BCUT2D eigenvalue weighted by Crippen LogP contribution is -2.36. The monoisotopic (exact) mass is 306 g/mol. The van der Waals surface area contributed by atoms with Gasteiger partial charge in [0.1, 0.15) is 0 Å². The first-order valence-corrected chi connectivity index (χ1v) is 7.68. The van der Waals surface area contributed by atoms with Crippen LogP contribution in [0.5, 0.6) is 0 Å². The summed E-state index contributed by atoms with van der Waals surface area (Å²) in [6.45, 7) is 2.03. The standard InChI is InChI=1S/C12H16Cl2N2OS/c1-3-8(6-18-2)16-12(17)7-4-9(13)11(14)10(15)5-7/h4-5,8H,3,6,15H2,1-2H3,(H,16,17). The Hall–Kier alpha value is -0.580. The molecule has 0 spiro atoms. The van der Waals surface area contributed by atoms with Crippen LogP contribution in [0.2, 0.25) is 10.0 Å². The van der Waals surface area contributed by atoms with Crippen molar-refractivity contribution in [3.63, 3.8) is 0 Å². The molecule has 3 nitrogen and oxygen atoms in total. The molecule has 0 saturated heterocycles. The van der Waals surface area contributed by atoms with Crippen LogP contribution in [0.15, 0.2) is 12.1 Å². The van der Waals surface area contributed by atoms with Gasteiger partial charge in [-0.2, -0.15) is 11.8 Å². The van der Waals surface area contributed by atoms with Gasteiger partial charge in [0.15, 0.2) is 0 Å². The molecule has 1 unspecified atom stereocenters. The van der Waals surface area contributed by atoms with Crippen molar-refractivity contribution in [3.05, 3.63) is 27.7 Å². The molecule has 0 fully saturated rings. The second-order valence-corrected chi connectivity index (χ2v) is 5.59. The van der Waals surface area contributed by atoms with Crippen LogP contribution in [0.3, 0.4) is 0 Å². The van der Waals surface area contributed by atoms with E-state index in [1.54, 1.807) is 11.8 Å². The highest BCUT2D eigenvalue weighted by molar-refractivity contribution is 7.98. The molecule has 0 saturated carbocycles. The van der Waals surface area contributed by atoms with Gasteiger partial charge in [-0.15, -0.1) is 0 Å². The fourth-order valence-electron chi connectivity index (χ4n) is 1.47. The van der Waals surface area contributed by atoms with Crippen molar-refractivity contribution in [1.82, 2.24) is 5.32 Å². The number of benzene rings is 1. The summed E-state index contributed by atoms with van der Waals surface area (Å²) in [5.41, 5.74) is 6.42. The molecule has 100 valence electrons. The summed E-state index contributed by atoms with van der Waals surface area (Å²) in [6.07, 6.45) is 2.88. The zero-order chi connectivity index (χ0) is 13.7. The Morgan fingerprint density at radius 1 is 1.50 bits per heavy atom. The number of rotatable bonds is 5. The van der Waals surface area contributed by atoms with Crippen molar-refractivity contribution in [2.75, 3.05) is 17.7 Å². The number of amides is 1. The number of carbonyl (C=O) groups is 1. The molecule has 0 aliphatic heterocycles. The molecule has 18 heavy (non-hydrogen) atoms. The van der Waals surface area contributed by atoms with Crippen LogP contribution in [0.25, 0.3) is 0 Å². The lowest BCUT2D eigenvalue weighted by molar-refractivity contribution is 0.0940. The van der Waals surface area contributed by atoms with Crippen molar-refractivity contribution in [2.45, 2.75) is 19.4 Å². The summed E-state index contributed by atoms with van der Waals surface area (Å²) in [5, 5.41) is 3.51. The number of nitrogens with two attached hydrogens (primary N) is 1. The largest absolute Gasteiger partial charge is 0.397 e. The van der Waals surface area contributed by atoms with E-state index in [1.165, 1.54) is 12.1 Å². The number of carbonyl (C=O) groups excluding carboxylic acids is 1. The molecule has 0 aliphatic rings. The molecule has 1 aromatic rings. The predicted molar refractivity (Wildman–Crippen MR) is 80.8 cm³/mol. The molecule has 1 amide bonds. The van der Waals surface area contributed by atoms with Crippen molar-refractivity contribution in [1.29, 1.82) is 0 Å². The van der Waals surface area contributed by atoms with Gasteiger partial charge in [0.2, 0.25) is 0 Å². The number of hydrogen-bond acceptors (Lipinski definition) is 3. The Morgan fingerprint density at radius 3 is 2.67 bits per heavy atom. The molecule has 0 aromatic heterocycles. The van der Waals surface area contributed by atoms with E-state index >= 15 is 0 Å². The minimum Gasteiger partial charge on any atom is -0.397 e. The molecular weight excluding hydrogens is 291 g/mol. The third kappa shape index (κ3) is 3.97. The van der Waals surface area contributed by atoms with Crippen LogP contribution >= 0.6 is 35.0 Å². The van der Waals surface area contributed by atoms with Crippen LogP contribution in [-0.2, 0) is 0 Å². The first-order valence-electron chi connectivity index (χ1n) is 5.53. The molecule has 0 bridgehead atoms. The van der Waals surface area contributed by atoms with E-state index in [9.17, 15) is 4.79 Å². The number of thioether (sulfide) groups is 1. The number of halogens is 2. The molecule has 0 aliphatic carbocycles. The van der Waals surface area contributed by atoms with Crippen LogP contribution < -0.4 is 11.1 Å². The second-order valence-electron chi connectivity index (χ2n) is 3.90. The SMILES string of the molecule is CCC(CSC)NC(=O)c1cc(N)c(Cl)c(Cl)c1. The topological polar surface area (TPSA) is 55.1 Å². The fraction of sp³-hybridized carbons (Fsp3) is 0.417. The van der Waals surface area contributed by atoms with E-state index in [-0.39, 0.29) is 17.0 Å². The van der Waals surface area contributed by atoms with E-state index < -0.39 is 0 Å². The maximum Gasteiger partial charge on any atom is 0.251 e. The van der Waals surface area contributed by atoms with Gasteiger partial charge in [-0.25, -0.2) is 0 Å². The maximum absolute atomic E-state index is 12.0. The van der Waals surface area contributed by atoms with Gasteiger partial charge >= 0.3 is 0 Å². The highest BCUT2D eigenvalue weighted by atomic mass is 35.5. The molecule has 0 radical (unpaired) electrons. The minimum absolute atomic E-state index is 0.142. The first kappa shape index (κ1) is 15.5. The first-order chi connectivity index (χ1) is 8.49. The van der Waals surface area contributed by atoms with Crippen LogP contribution in [0.1, 0.15) is 23.7 Å². The smallest absolute Gasteiger partial charge is 0.251 e. The van der Waals surface area contributed by atoms with Gasteiger partial charge in [-0.05, 0) is 24.8 Å². The summed E-state index contributed by atoms with van der Waals surface area (Å²) in [5.74, 6) is 0.695. The number of anilines is 1. The molecule has 3 N–H and O–H groups in total. The highest BCUT2D eigenvalue weighted by Crippen LogP contribution is 2.29. The lowest BCUT2D eigenvalue weighted by Gasteiger charge is -2.16. The van der Waals surface area contributed by atoms with E-state index in [0.29, 0.717) is 16.3 Å². The molecular formula is C12H16Cl2N2OS. The maximum atomic E-state index is 12.0. The van der Waals surface area contributed by atoms with Crippen LogP contribution in [0.4, 0.5) is 5.69 Å². The highest BCUT2D eigenvalue weighted by Gasteiger charge is 2.14. The summed E-state index contributed by atoms with van der Waals surface area (Å²) < 4.78 is 0. The summed E-state index contributed by atoms with van der Waals surface area (Å²) in [7, 11) is 0. The quantitative estimate of drug-likeness (QED) is 0.819. The third-order valence-electron chi connectivity index (χ3n) is 2.51. The predicted octanol–water partition coefficient (Wildman–Crippen LogP) is 3.45. The Bertz CT molecular complexity index is 417. The van der Waals surface area contributed by atoms with Crippen molar-refractivity contribution >= 4 is 46.6 Å². The van der Waals surface area contributed by atoms with E-state index in [4.69, 9.17) is 28.9 Å². The zero-order valence-electron chi connectivity index (χ0n) is 10.3. The van der Waals surface area contributed by atoms with Gasteiger partial charge in [0, 0.05) is 17.4 Å². The molecule has 6 heteroatoms. The van der Waals surface area contributed by atoms with Crippen LogP contribution in [0, 0.1) is 0 Å². The second kappa shape index (κ2) is 7.12. The van der Waals surface area contributed by atoms with Crippen LogP contribution in [-0.4, -0.2) is 24.0 Å². The van der Waals surface area contributed by atoms with E-state index in [0.717, 1.165) is 12.2 Å². The third-order valence-corrected chi connectivity index (χ3v) is 4.07. The van der Waals surface area contributed by atoms with Gasteiger partial charge in [0.25, 0.3) is 5.91 Å². The van der Waals surface area contributed by atoms with Crippen molar-refractivity contribution < 1.29 is 4.79 Å². The molecule has 1 rings (SSSR count). The number of nitrogen functional groups attached to an aromatic ring is 1. The van der Waals surface area contributed by atoms with Gasteiger partial charge in [-0.3, -0.25) is 4.79 Å². The average Bonchev–Trinajstić information content (AvgIpc) is 2.34. The summed E-state index contributed by atoms with van der Waals surface area (Å²) in [6, 6.07) is 3.21. The fourth-order valence-corrected chi connectivity index (χ4v) is 2.53. The van der Waals surface area contributed by atoms with Crippen molar-refractivity contribution in [2.24, 2.45) is 0 Å². The Labute approximate surface area is 121 Å². The lowest BCUT2D eigenvalue weighted by atomic mass is 10.1. The van der Waals surface area contributed by atoms with Gasteiger partial charge in [0.05, 0.1) is 15.7 Å². The Balaban J connectivity index is 2.84. The summed E-state index contributed by atoms with van der Waals surface area (Å²) in [4.78, 5) is 12.0. The normalized spacial score (nSPS) is 12.2. The van der Waals surface area contributed by atoms with E-state index in [1.807, 2.05) is 13.2 Å². The zero-order valence-corrected chi connectivity index (χ0v) is 12.6. The molecule has 1 aromatic carbocycles. The van der Waals surface area contributed by atoms with Gasteiger partial charge in [-0.1, -0.05) is 30.1 Å². The number of nitrogens with one attached hydrogen (secondary N) is 1. The minimum atomic E-state index is -0.179. The Kier molecular flexibility index (Phi) is 6.12. The average molecular weight is 307 g/mol. The summed E-state index contributed by atoms with van der Waals surface area (Å²) >= 11 is 13.4. The van der Waals surface area contributed by atoms with Crippen molar-refractivity contribution in [3.8, 4) is 0 Å². The number of hydrogen-bond donors (Lipinski definition) is 2. The molecule has 1 atom stereocenters. The van der Waals surface area contributed by atoms with Gasteiger partial charge < -0.3 is 11.1 Å².